The van der Waals surface area contributed by atoms with Crippen LogP contribution in [0.1, 0.15) is 46.5 Å². The van der Waals surface area contributed by atoms with Gasteiger partial charge in [-0.1, -0.05) is 6.92 Å². The second-order valence-corrected chi connectivity index (χ2v) is 7.33. The summed E-state index contributed by atoms with van der Waals surface area (Å²) in [6, 6.07) is 18.4. The molecule has 0 aromatic heterocycles. The third kappa shape index (κ3) is 7.33. The van der Waals surface area contributed by atoms with E-state index in [1.807, 2.05) is 13.8 Å². The molecule has 3 aromatic carbocycles. The van der Waals surface area contributed by atoms with Crippen LogP contribution in [-0.4, -0.2) is 38.4 Å². The zero-order chi connectivity index (χ0) is 25.0. The lowest BCUT2D eigenvalue weighted by atomic mass is 10.2. The van der Waals surface area contributed by atoms with Crippen LogP contribution in [0.4, 0.5) is 0 Å². The van der Waals surface area contributed by atoms with E-state index in [4.69, 9.17) is 18.9 Å². The molecule has 0 spiro atoms. The van der Waals surface area contributed by atoms with Crippen molar-refractivity contribution >= 4 is 18.1 Å². The summed E-state index contributed by atoms with van der Waals surface area (Å²) in [5, 5.41) is 4.01. The molecule has 0 unspecified atom stereocenters. The highest BCUT2D eigenvalue weighted by Crippen LogP contribution is 2.29. The molecule has 0 heterocycles. The predicted octanol–water partition coefficient (Wildman–Crippen LogP) is 4.87. The van der Waals surface area contributed by atoms with Gasteiger partial charge in [0.1, 0.15) is 11.5 Å². The number of carbonyl (C=O) groups excluding carboxylic acids is 2. The van der Waals surface area contributed by atoms with Crippen LogP contribution in [0.15, 0.2) is 71.8 Å². The Bertz CT molecular complexity index is 1160. The first kappa shape index (κ1) is 25.3. The number of nitrogens with one attached hydrogen (secondary N) is 1. The number of hydrogen-bond donors (Lipinski definition) is 1. The molecule has 0 saturated carbocycles. The molecule has 1 amide bonds. The first-order valence-corrected chi connectivity index (χ1v) is 11.2. The van der Waals surface area contributed by atoms with Gasteiger partial charge in [0.2, 0.25) is 0 Å². The van der Waals surface area contributed by atoms with Crippen LogP contribution >= 0.6 is 0 Å². The fourth-order valence-electron chi connectivity index (χ4n) is 3.00. The highest BCUT2D eigenvalue weighted by Gasteiger charge is 2.13. The molecule has 8 heteroatoms. The minimum Gasteiger partial charge on any atom is -0.497 e. The third-order valence-corrected chi connectivity index (χ3v) is 4.77. The Labute approximate surface area is 204 Å². The molecule has 0 fully saturated rings. The van der Waals surface area contributed by atoms with Gasteiger partial charge in [0, 0.05) is 5.56 Å². The highest BCUT2D eigenvalue weighted by molar-refractivity contribution is 5.95. The van der Waals surface area contributed by atoms with Crippen molar-refractivity contribution < 1.29 is 28.5 Å². The van der Waals surface area contributed by atoms with Crippen molar-refractivity contribution in [3.05, 3.63) is 83.4 Å². The van der Waals surface area contributed by atoms with Crippen LogP contribution in [0, 0.1) is 0 Å². The largest absolute Gasteiger partial charge is 0.497 e. The molecule has 3 aromatic rings. The quantitative estimate of drug-likeness (QED) is 0.184. The lowest BCUT2D eigenvalue weighted by Gasteiger charge is -2.11. The minimum absolute atomic E-state index is 0.277. The number of benzene rings is 3. The normalized spacial score (nSPS) is 10.6. The molecular formula is C27H28N2O6. The number of hydrogen-bond acceptors (Lipinski definition) is 7. The number of amides is 1. The van der Waals surface area contributed by atoms with E-state index in [1.54, 1.807) is 73.8 Å². The molecule has 35 heavy (non-hydrogen) atoms. The van der Waals surface area contributed by atoms with E-state index in [1.165, 1.54) is 6.21 Å². The monoisotopic (exact) mass is 476 g/mol. The van der Waals surface area contributed by atoms with Crippen LogP contribution in [0.3, 0.4) is 0 Å². The van der Waals surface area contributed by atoms with Gasteiger partial charge >= 0.3 is 5.97 Å². The van der Waals surface area contributed by atoms with Gasteiger partial charge in [0.15, 0.2) is 11.5 Å². The standard InChI is InChI=1S/C27H28N2O6/c1-4-16-34-23-13-7-20(8-14-23)26(30)29-28-18-19-6-15-24(25(17-19)33-5-2)35-27(31)21-9-11-22(32-3)12-10-21/h6-15,17-18H,4-5,16H2,1-3H3,(H,29,30)/b28-18+. The maximum Gasteiger partial charge on any atom is 0.343 e. The molecule has 182 valence electrons. The summed E-state index contributed by atoms with van der Waals surface area (Å²) >= 11 is 0. The Morgan fingerprint density at radius 1 is 0.857 bits per heavy atom. The Hall–Kier alpha value is -4.33. The molecule has 3 rings (SSSR count). The fourth-order valence-corrected chi connectivity index (χ4v) is 3.00. The first-order valence-electron chi connectivity index (χ1n) is 11.2. The number of hydrazone groups is 1. The van der Waals surface area contributed by atoms with Gasteiger partial charge in [-0.25, -0.2) is 10.2 Å². The molecule has 0 aliphatic carbocycles. The summed E-state index contributed by atoms with van der Waals surface area (Å²) < 4.78 is 21.8. The molecule has 1 N–H and O–H groups in total. The van der Waals surface area contributed by atoms with Gasteiger partial charge in [-0.3, -0.25) is 4.79 Å². The van der Waals surface area contributed by atoms with Gasteiger partial charge in [0.25, 0.3) is 5.91 Å². The second kappa shape index (κ2) is 12.8. The summed E-state index contributed by atoms with van der Waals surface area (Å²) in [4.78, 5) is 24.8. The van der Waals surface area contributed by atoms with Gasteiger partial charge < -0.3 is 18.9 Å². The number of esters is 1. The summed E-state index contributed by atoms with van der Waals surface area (Å²) in [5.41, 5.74) is 3.99. The Morgan fingerprint density at radius 2 is 1.54 bits per heavy atom. The smallest absolute Gasteiger partial charge is 0.343 e. The zero-order valence-electron chi connectivity index (χ0n) is 19.9. The average Bonchev–Trinajstić information content (AvgIpc) is 2.89. The topological polar surface area (TPSA) is 95.5 Å². The average molecular weight is 477 g/mol. The molecule has 0 aliphatic heterocycles. The summed E-state index contributed by atoms with van der Waals surface area (Å²) in [6.07, 6.45) is 2.39. The van der Waals surface area contributed by atoms with Gasteiger partial charge in [-0.15, -0.1) is 0 Å². The summed E-state index contributed by atoms with van der Waals surface area (Å²) in [5.74, 6) is 1.15. The van der Waals surface area contributed by atoms with Crippen molar-refractivity contribution in [1.82, 2.24) is 5.43 Å². The molecule has 0 atom stereocenters. The van der Waals surface area contributed by atoms with E-state index in [0.29, 0.717) is 47.2 Å². The molecular weight excluding hydrogens is 448 g/mol. The minimum atomic E-state index is -0.520. The van der Waals surface area contributed by atoms with E-state index in [-0.39, 0.29) is 11.7 Å². The van der Waals surface area contributed by atoms with E-state index >= 15 is 0 Å². The number of carbonyl (C=O) groups is 2. The van der Waals surface area contributed by atoms with E-state index in [9.17, 15) is 9.59 Å². The number of nitrogens with zero attached hydrogens (tertiary/aromatic N) is 1. The molecule has 0 bridgehead atoms. The zero-order valence-corrected chi connectivity index (χ0v) is 19.9. The SMILES string of the molecule is CCCOc1ccc(C(=O)N/N=C/c2ccc(OC(=O)c3ccc(OC)cc3)c(OCC)c2)cc1. The van der Waals surface area contributed by atoms with E-state index < -0.39 is 5.97 Å². The van der Waals surface area contributed by atoms with Gasteiger partial charge in [0.05, 0.1) is 32.1 Å². The van der Waals surface area contributed by atoms with Crippen molar-refractivity contribution in [1.29, 1.82) is 0 Å². The number of methoxy groups -OCH3 is 1. The lowest BCUT2D eigenvalue weighted by molar-refractivity contribution is 0.0728. The van der Waals surface area contributed by atoms with Crippen molar-refractivity contribution in [2.24, 2.45) is 5.10 Å². The van der Waals surface area contributed by atoms with Crippen LogP contribution in [-0.2, 0) is 0 Å². The summed E-state index contributed by atoms with van der Waals surface area (Å²) in [6.45, 7) is 4.86. The van der Waals surface area contributed by atoms with Gasteiger partial charge in [-0.2, -0.15) is 5.10 Å². The van der Waals surface area contributed by atoms with Crippen molar-refractivity contribution in [3.63, 3.8) is 0 Å². The Morgan fingerprint density at radius 3 is 2.20 bits per heavy atom. The van der Waals surface area contributed by atoms with E-state index in [0.717, 1.165) is 6.42 Å². The Balaban J connectivity index is 1.64. The van der Waals surface area contributed by atoms with E-state index in [2.05, 4.69) is 10.5 Å². The molecule has 0 saturated heterocycles. The van der Waals surface area contributed by atoms with Gasteiger partial charge in [-0.05, 0) is 85.6 Å². The van der Waals surface area contributed by atoms with Crippen molar-refractivity contribution in [2.45, 2.75) is 20.3 Å². The summed E-state index contributed by atoms with van der Waals surface area (Å²) in [7, 11) is 1.55. The Kier molecular flexibility index (Phi) is 9.24. The lowest BCUT2D eigenvalue weighted by Crippen LogP contribution is -2.17. The van der Waals surface area contributed by atoms with Crippen LogP contribution < -0.4 is 24.4 Å². The second-order valence-electron chi connectivity index (χ2n) is 7.33. The first-order chi connectivity index (χ1) is 17.0. The number of rotatable bonds is 11. The third-order valence-electron chi connectivity index (χ3n) is 4.77. The van der Waals surface area contributed by atoms with Crippen molar-refractivity contribution in [3.8, 4) is 23.0 Å². The molecule has 0 radical (unpaired) electrons. The van der Waals surface area contributed by atoms with Crippen LogP contribution in [0.5, 0.6) is 23.0 Å². The maximum atomic E-state index is 12.5. The van der Waals surface area contributed by atoms with Crippen LogP contribution in [0.25, 0.3) is 0 Å². The highest BCUT2D eigenvalue weighted by atomic mass is 16.6. The fraction of sp³-hybridized carbons (Fsp3) is 0.222. The molecule has 8 nitrogen and oxygen atoms in total. The van der Waals surface area contributed by atoms with Crippen molar-refractivity contribution in [2.75, 3.05) is 20.3 Å². The van der Waals surface area contributed by atoms with Crippen LogP contribution in [0.2, 0.25) is 0 Å². The molecule has 0 aliphatic rings. The number of ether oxygens (including phenoxy) is 4. The predicted molar refractivity (Wildman–Crippen MR) is 133 cm³/mol. The maximum absolute atomic E-state index is 12.5.